The molecule has 1 saturated heterocycles. The second-order valence-corrected chi connectivity index (χ2v) is 7.26. The van der Waals surface area contributed by atoms with Crippen LogP contribution in [0.2, 0.25) is 0 Å². The first-order valence-corrected chi connectivity index (χ1v) is 8.91. The van der Waals surface area contributed by atoms with E-state index in [0.29, 0.717) is 5.69 Å². The number of likely N-dealkylation sites (tertiary alicyclic amines) is 1. The molecule has 0 spiro atoms. The van der Waals surface area contributed by atoms with Gasteiger partial charge in [0.25, 0.3) is 5.91 Å². The van der Waals surface area contributed by atoms with Gasteiger partial charge in [0.2, 0.25) is 0 Å². The van der Waals surface area contributed by atoms with Crippen molar-refractivity contribution >= 4 is 5.91 Å². The number of nitrogens with zero attached hydrogens (tertiary/aromatic N) is 3. The number of rotatable bonds is 7. The molecule has 4 nitrogen and oxygen atoms in total. The van der Waals surface area contributed by atoms with Crippen LogP contribution in [0.4, 0.5) is 0 Å². The maximum absolute atomic E-state index is 12.4. The standard InChI is InChI=1S/C19H31N3O/c1-15(2)16(3)10-13-21(4)14-17-8-7-9-18(20-17)19(23)22-11-5-6-12-22/h7-9,15-16H,5-6,10-14H2,1-4H3. The maximum Gasteiger partial charge on any atom is 0.272 e. The van der Waals surface area contributed by atoms with Crippen LogP contribution in [0, 0.1) is 11.8 Å². The average Bonchev–Trinajstić information content (AvgIpc) is 3.06. The third-order valence-corrected chi connectivity index (χ3v) is 4.96. The third kappa shape index (κ3) is 5.31. The normalized spacial score (nSPS) is 16.3. The predicted molar refractivity (Wildman–Crippen MR) is 94.3 cm³/mol. The molecular formula is C19H31N3O. The van der Waals surface area contributed by atoms with E-state index < -0.39 is 0 Å². The molecule has 1 amide bonds. The smallest absolute Gasteiger partial charge is 0.272 e. The highest BCUT2D eigenvalue weighted by atomic mass is 16.2. The van der Waals surface area contributed by atoms with Crippen molar-refractivity contribution in [3.8, 4) is 0 Å². The molecule has 1 fully saturated rings. The van der Waals surface area contributed by atoms with Gasteiger partial charge in [0, 0.05) is 19.6 Å². The molecule has 4 heteroatoms. The molecule has 23 heavy (non-hydrogen) atoms. The summed E-state index contributed by atoms with van der Waals surface area (Å²) in [7, 11) is 2.13. The Bertz CT molecular complexity index is 509. The Morgan fingerprint density at radius 3 is 2.61 bits per heavy atom. The zero-order valence-electron chi connectivity index (χ0n) is 15.1. The molecule has 2 rings (SSSR count). The number of pyridine rings is 1. The van der Waals surface area contributed by atoms with Crippen LogP contribution >= 0.6 is 0 Å². The third-order valence-electron chi connectivity index (χ3n) is 4.96. The van der Waals surface area contributed by atoms with Gasteiger partial charge in [-0.3, -0.25) is 4.79 Å². The Hall–Kier alpha value is -1.42. The second kappa shape index (κ2) is 8.44. The van der Waals surface area contributed by atoms with Crippen LogP contribution in [0.15, 0.2) is 18.2 Å². The highest BCUT2D eigenvalue weighted by Gasteiger charge is 2.20. The summed E-state index contributed by atoms with van der Waals surface area (Å²) in [6, 6.07) is 5.81. The molecule has 1 atom stereocenters. The van der Waals surface area contributed by atoms with E-state index in [4.69, 9.17) is 0 Å². The minimum Gasteiger partial charge on any atom is -0.337 e. The largest absolute Gasteiger partial charge is 0.337 e. The van der Waals surface area contributed by atoms with Gasteiger partial charge in [-0.25, -0.2) is 4.98 Å². The SMILES string of the molecule is CC(C)C(C)CCN(C)Cc1cccc(C(=O)N2CCCC2)n1. The monoisotopic (exact) mass is 317 g/mol. The topological polar surface area (TPSA) is 36.4 Å². The lowest BCUT2D eigenvalue weighted by atomic mass is 9.95. The quantitative estimate of drug-likeness (QED) is 0.773. The lowest BCUT2D eigenvalue weighted by Gasteiger charge is -2.21. The van der Waals surface area contributed by atoms with E-state index >= 15 is 0 Å². The van der Waals surface area contributed by atoms with Gasteiger partial charge in [0.05, 0.1) is 5.69 Å². The number of hydrogen-bond donors (Lipinski definition) is 0. The molecule has 2 heterocycles. The Balaban J connectivity index is 1.90. The van der Waals surface area contributed by atoms with Crippen LogP contribution in [0.1, 0.15) is 56.2 Å². The summed E-state index contributed by atoms with van der Waals surface area (Å²) in [4.78, 5) is 21.2. The van der Waals surface area contributed by atoms with Crippen LogP contribution in [0.25, 0.3) is 0 Å². The molecule has 1 aliphatic rings. The first-order valence-electron chi connectivity index (χ1n) is 8.91. The van der Waals surface area contributed by atoms with E-state index in [2.05, 4.69) is 37.7 Å². The molecule has 0 radical (unpaired) electrons. The van der Waals surface area contributed by atoms with Gasteiger partial charge >= 0.3 is 0 Å². The molecule has 1 aliphatic heterocycles. The number of carbonyl (C=O) groups is 1. The number of carbonyl (C=O) groups excluding carboxylic acids is 1. The summed E-state index contributed by atoms with van der Waals surface area (Å²) in [6.45, 7) is 10.5. The van der Waals surface area contributed by atoms with Crippen molar-refractivity contribution in [3.63, 3.8) is 0 Å². The molecule has 0 N–H and O–H groups in total. The van der Waals surface area contributed by atoms with Crippen molar-refractivity contribution in [2.75, 3.05) is 26.7 Å². The van der Waals surface area contributed by atoms with Gasteiger partial charge in [0.1, 0.15) is 5.69 Å². The molecule has 1 unspecified atom stereocenters. The molecule has 0 aliphatic carbocycles. The number of aromatic nitrogens is 1. The highest BCUT2D eigenvalue weighted by molar-refractivity contribution is 5.92. The van der Waals surface area contributed by atoms with E-state index in [-0.39, 0.29) is 5.91 Å². The van der Waals surface area contributed by atoms with Crippen molar-refractivity contribution in [2.45, 2.75) is 46.6 Å². The van der Waals surface area contributed by atoms with Crippen LogP contribution in [0.3, 0.4) is 0 Å². The van der Waals surface area contributed by atoms with Crippen molar-refractivity contribution in [1.82, 2.24) is 14.8 Å². The average molecular weight is 317 g/mol. The van der Waals surface area contributed by atoms with Crippen molar-refractivity contribution in [1.29, 1.82) is 0 Å². The van der Waals surface area contributed by atoms with Crippen LogP contribution < -0.4 is 0 Å². The molecule has 0 saturated carbocycles. The number of hydrogen-bond acceptors (Lipinski definition) is 3. The molecule has 128 valence electrons. The highest BCUT2D eigenvalue weighted by Crippen LogP contribution is 2.15. The summed E-state index contributed by atoms with van der Waals surface area (Å²) >= 11 is 0. The fourth-order valence-electron chi connectivity index (χ4n) is 2.88. The fraction of sp³-hybridized carbons (Fsp3) is 0.684. The predicted octanol–water partition coefficient (Wildman–Crippen LogP) is 3.43. The molecular weight excluding hydrogens is 286 g/mol. The lowest BCUT2D eigenvalue weighted by molar-refractivity contribution is 0.0786. The summed E-state index contributed by atoms with van der Waals surface area (Å²) in [5, 5.41) is 0. The Morgan fingerprint density at radius 2 is 1.96 bits per heavy atom. The Kier molecular flexibility index (Phi) is 6.58. The van der Waals surface area contributed by atoms with Gasteiger partial charge in [-0.05, 0) is 56.8 Å². The van der Waals surface area contributed by atoms with E-state index in [9.17, 15) is 4.79 Å². The second-order valence-electron chi connectivity index (χ2n) is 7.26. The van der Waals surface area contributed by atoms with E-state index in [1.54, 1.807) is 0 Å². The van der Waals surface area contributed by atoms with Crippen molar-refractivity contribution in [2.24, 2.45) is 11.8 Å². The summed E-state index contributed by atoms with van der Waals surface area (Å²) in [5.41, 5.74) is 1.57. The minimum atomic E-state index is 0.0837. The van der Waals surface area contributed by atoms with Gasteiger partial charge in [-0.2, -0.15) is 0 Å². The molecule has 0 aromatic carbocycles. The first-order chi connectivity index (χ1) is 11.0. The van der Waals surface area contributed by atoms with Gasteiger partial charge in [-0.15, -0.1) is 0 Å². The van der Waals surface area contributed by atoms with Crippen LogP contribution in [-0.4, -0.2) is 47.4 Å². The van der Waals surface area contributed by atoms with Crippen molar-refractivity contribution in [3.05, 3.63) is 29.6 Å². The van der Waals surface area contributed by atoms with Crippen LogP contribution in [-0.2, 0) is 6.54 Å². The number of amides is 1. The van der Waals surface area contributed by atoms with Gasteiger partial charge in [0.15, 0.2) is 0 Å². The summed E-state index contributed by atoms with van der Waals surface area (Å²) in [5.74, 6) is 1.54. The van der Waals surface area contributed by atoms with Gasteiger partial charge in [-0.1, -0.05) is 26.8 Å². The minimum absolute atomic E-state index is 0.0837. The van der Waals surface area contributed by atoms with Crippen LogP contribution in [0.5, 0.6) is 0 Å². The Labute approximate surface area is 140 Å². The molecule has 1 aromatic heterocycles. The van der Waals surface area contributed by atoms with Gasteiger partial charge < -0.3 is 9.80 Å². The zero-order valence-corrected chi connectivity index (χ0v) is 15.1. The molecule has 0 bridgehead atoms. The van der Waals surface area contributed by atoms with E-state index in [0.717, 1.165) is 56.6 Å². The Morgan fingerprint density at radius 1 is 1.26 bits per heavy atom. The maximum atomic E-state index is 12.4. The lowest BCUT2D eigenvalue weighted by Crippen LogP contribution is -2.29. The van der Waals surface area contributed by atoms with Crippen molar-refractivity contribution < 1.29 is 4.79 Å². The fourth-order valence-corrected chi connectivity index (χ4v) is 2.88. The zero-order chi connectivity index (χ0) is 16.8. The first kappa shape index (κ1) is 17.9. The summed E-state index contributed by atoms with van der Waals surface area (Å²) < 4.78 is 0. The molecule has 1 aromatic rings. The van der Waals surface area contributed by atoms with E-state index in [1.165, 1.54) is 6.42 Å². The van der Waals surface area contributed by atoms with E-state index in [1.807, 2.05) is 23.1 Å². The summed E-state index contributed by atoms with van der Waals surface area (Å²) in [6.07, 6.45) is 3.42.